The molecule has 8 nitrogen and oxygen atoms in total. The standard InChI is InChI=1S/C21H18N4O4/c1-12(2)25-20(28)16-8-3-13(11-17(16)21(25)29)19(27)24-15-6-4-14(5-7-15)23-18(26)9-10-22/h3-8,11-12H,9H2,1-2H3,(H,23,26)(H,24,27). The average molecular weight is 390 g/mol. The summed E-state index contributed by atoms with van der Waals surface area (Å²) < 4.78 is 0. The largest absolute Gasteiger partial charge is 0.325 e. The summed E-state index contributed by atoms with van der Waals surface area (Å²) in [5, 5.41) is 13.8. The first-order valence-corrected chi connectivity index (χ1v) is 8.92. The van der Waals surface area contributed by atoms with Gasteiger partial charge in [-0.25, -0.2) is 0 Å². The molecule has 0 aliphatic carbocycles. The van der Waals surface area contributed by atoms with E-state index in [2.05, 4.69) is 10.6 Å². The molecular weight excluding hydrogens is 372 g/mol. The fourth-order valence-corrected chi connectivity index (χ4v) is 2.99. The van der Waals surface area contributed by atoms with E-state index < -0.39 is 17.7 Å². The minimum absolute atomic E-state index is 0.215. The first-order chi connectivity index (χ1) is 13.8. The predicted octanol–water partition coefficient (Wildman–Crippen LogP) is 2.80. The van der Waals surface area contributed by atoms with E-state index in [-0.39, 0.29) is 35.1 Å². The van der Waals surface area contributed by atoms with Crippen LogP contribution in [0, 0.1) is 11.3 Å². The smallest absolute Gasteiger partial charge is 0.261 e. The van der Waals surface area contributed by atoms with E-state index in [1.165, 1.54) is 23.1 Å². The van der Waals surface area contributed by atoms with Gasteiger partial charge in [0.05, 0.1) is 17.2 Å². The minimum Gasteiger partial charge on any atom is -0.325 e. The van der Waals surface area contributed by atoms with E-state index >= 15 is 0 Å². The van der Waals surface area contributed by atoms with Crippen LogP contribution in [0.4, 0.5) is 11.4 Å². The lowest BCUT2D eigenvalue weighted by Crippen LogP contribution is -2.35. The van der Waals surface area contributed by atoms with Crippen LogP contribution in [-0.4, -0.2) is 34.6 Å². The lowest BCUT2D eigenvalue weighted by Gasteiger charge is -2.17. The third-order valence-corrected chi connectivity index (χ3v) is 4.36. The summed E-state index contributed by atoms with van der Waals surface area (Å²) in [6.07, 6.45) is -0.244. The Morgan fingerprint density at radius 1 is 0.966 bits per heavy atom. The van der Waals surface area contributed by atoms with E-state index in [9.17, 15) is 19.2 Å². The fraction of sp³-hybridized carbons (Fsp3) is 0.190. The summed E-state index contributed by atoms with van der Waals surface area (Å²) in [7, 11) is 0. The first kappa shape index (κ1) is 19.8. The molecule has 2 aromatic rings. The number of fused-ring (bicyclic) bond motifs is 1. The monoisotopic (exact) mass is 390 g/mol. The molecule has 1 aliphatic heterocycles. The summed E-state index contributed by atoms with van der Waals surface area (Å²) in [5.74, 6) is -1.62. The minimum atomic E-state index is -0.433. The molecule has 0 bridgehead atoms. The van der Waals surface area contributed by atoms with E-state index in [0.717, 1.165) is 0 Å². The van der Waals surface area contributed by atoms with Crippen LogP contribution in [0.3, 0.4) is 0 Å². The van der Waals surface area contributed by atoms with Gasteiger partial charge in [0, 0.05) is 23.0 Å². The lowest BCUT2D eigenvalue weighted by molar-refractivity contribution is -0.115. The average Bonchev–Trinajstić information content (AvgIpc) is 2.93. The molecule has 146 valence electrons. The molecule has 0 saturated heterocycles. The maximum atomic E-state index is 12.5. The molecule has 0 atom stereocenters. The number of hydrogen-bond donors (Lipinski definition) is 2. The third kappa shape index (κ3) is 3.99. The van der Waals surface area contributed by atoms with E-state index in [1.54, 1.807) is 44.2 Å². The molecule has 1 heterocycles. The van der Waals surface area contributed by atoms with E-state index in [4.69, 9.17) is 5.26 Å². The normalized spacial score (nSPS) is 12.6. The highest BCUT2D eigenvalue weighted by Gasteiger charge is 2.37. The molecule has 0 fully saturated rings. The molecule has 29 heavy (non-hydrogen) atoms. The zero-order chi connectivity index (χ0) is 21.1. The van der Waals surface area contributed by atoms with Crippen molar-refractivity contribution < 1.29 is 19.2 Å². The van der Waals surface area contributed by atoms with E-state index in [0.29, 0.717) is 11.4 Å². The van der Waals surface area contributed by atoms with Gasteiger partial charge in [-0.1, -0.05) is 0 Å². The number of nitriles is 1. The van der Waals surface area contributed by atoms with Crippen molar-refractivity contribution in [2.45, 2.75) is 26.3 Å². The van der Waals surface area contributed by atoms with Crippen LogP contribution in [0.25, 0.3) is 0 Å². The highest BCUT2D eigenvalue weighted by atomic mass is 16.2. The van der Waals surface area contributed by atoms with E-state index in [1.807, 2.05) is 0 Å². The van der Waals surface area contributed by atoms with Crippen LogP contribution in [0.1, 0.15) is 51.3 Å². The molecule has 4 amide bonds. The van der Waals surface area contributed by atoms with Gasteiger partial charge in [-0.3, -0.25) is 24.1 Å². The number of nitrogens with one attached hydrogen (secondary N) is 2. The second-order valence-corrected chi connectivity index (χ2v) is 6.75. The molecule has 1 aliphatic rings. The van der Waals surface area contributed by atoms with Crippen LogP contribution in [-0.2, 0) is 4.79 Å². The Morgan fingerprint density at radius 2 is 1.55 bits per heavy atom. The second kappa shape index (κ2) is 7.94. The number of nitrogens with zero attached hydrogens (tertiary/aromatic N) is 2. The molecule has 2 N–H and O–H groups in total. The summed E-state index contributed by atoms with van der Waals surface area (Å²) in [5.41, 5.74) is 1.74. The Balaban J connectivity index is 1.73. The number of hydrogen-bond acceptors (Lipinski definition) is 5. The van der Waals surface area contributed by atoms with Gasteiger partial charge in [0.2, 0.25) is 5.91 Å². The maximum Gasteiger partial charge on any atom is 0.261 e. The van der Waals surface area contributed by atoms with Gasteiger partial charge in [0.15, 0.2) is 0 Å². The predicted molar refractivity (Wildman–Crippen MR) is 105 cm³/mol. The van der Waals surface area contributed by atoms with Crippen molar-refractivity contribution in [2.24, 2.45) is 0 Å². The number of imide groups is 1. The van der Waals surface area contributed by atoms with Crippen molar-refractivity contribution in [3.63, 3.8) is 0 Å². The molecule has 2 aromatic carbocycles. The zero-order valence-corrected chi connectivity index (χ0v) is 15.9. The number of amides is 4. The molecule has 0 spiro atoms. The number of benzene rings is 2. The number of rotatable bonds is 5. The van der Waals surface area contributed by atoms with Crippen LogP contribution < -0.4 is 10.6 Å². The van der Waals surface area contributed by atoms with Crippen LogP contribution in [0.2, 0.25) is 0 Å². The lowest BCUT2D eigenvalue weighted by atomic mass is 10.1. The van der Waals surface area contributed by atoms with Gasteiger partial charge in [0.1, 0.15) is 6.42 Å². The van der Waals surface area contributed by atoms with Gasteiger partial charge < -0.3 is 10.6 Å². The number of carbonyl (C=O) groups excluding carboxylic acids is 4. The Hall–Kier alpha value is -3.99. The van der Waals surface area contributed by atoms with Gasteiger partial charge >= 0.3 is 0 Å². The Labute approximate surface area is 167 Å². The number of anilines is 2. The molecule has 3 rings (SSSR count). The van der Waals surface area contributed by atoms with Gasteiger partial charge in [-0.2, -0.15) is 5.26 Å². The van der Waals surface area contributed by atoms with Crippen molar-refractivity contribution in [1.82, 2.24) is 4.90 Å². The summed E-state index contributed by atoms with van der Waals surface area (Å²) in [6.45, 7) is 3.50. The Bertz CT molecular complexity index is 1050. The third-order valence-electron chi connectivity index (χ3n) is 4.36. The molecule has 0 aromatic heterocycles. The van der Waals surface area contributed by atoms with Crippen molar-refractivity contribution in [2.75, 3.05) is 10.6 Å². The molecule has 0 unspecified atom stereocenters. The quantitative estimate of drug-likeness (QED) is 0.761. The molecule has 8 heteroatoms. The van der Waals surface area contributed by atoms with Crippen molar-refractivity contribution in [3.05, 3.63) is 59.2 Å². The summed E-state index contributed by atoms with van der Waals surface area (Å²) in [6, 6.07) is 12.3. The van der Waals surface area contributed by atoms with Crippen LogP contribution in [0.5, 0.6) is 0 Å². The van der Waals surface area contributed by atoms with Crippen molar-refractivity contribution >= 4 is 35.0 Å². The van der Waals surface area contributed by atoms with Gasteiger partial charge in [-0.05, 0) is 56.3 Å². The SMILES string of the molecule is CC(C)N1C(=O)c2ccc(C(=O)Nc3ccc(NC(=O)CC#N)cc3)cc2C1=O. The summed E-state index contributed by atoms with van der Waals surface area (Å²) >= 11 is 0. The molecule has 0 radical (unpaired) electrons. The fourth-order valence-electron chi connectivity index (χ4n) is 2.99. The second-order valence-electron chi connectivity index (χ2n) is 6.75. The molecular formula is C21H18N4O4. The van der Waals surface area contributed by atoms with Crippen LogP contribution in [0.15, 0.2) is 42.5 Å². The Morgan fingerprint density at radius 3 is 2.14 bits per heavy atom. The first-order valence-electron chi connectivity index (χ1n) is 8.92. The van der Waals surface area contributed by atoms with Gasteiger partial charge in [0.25, 0.3) is 17.7 Å². The Kier molecular flexibility index (Phi) is 5.41. The maximum absolute atomic E-state index is 12.5. The zero-order valence-electron chi connectivity index (χ0n) is 15.9. The summed E-state index contributed by atoms with van der Waals surface area (Å²) in [4.78, 5) is 49.9. The highest BCUT2D eigenvalue weighted by Crippen LogP contribution is 2.26. The van der Waals surface area contributed by atoms with Crippen molar-refractivity contribution in [1.29, 1.82) is 5.26 Å². The molecule has 0 saturated carbocycles. The number of carbonyl (C=O) groups is 4. The van der Waals surface area contributed by atoms with Crippen LogP contribution >= 0.6 is 0 Å². The topological polar surface area (TPSA) is 119 Å². The highest BCUT2D eigenvalue weighted by molar-refractivity contribution is 6.22. The van der Waals surface area contributed by atoms with Gasteiger partial charge in [-0.15, -0.1) is 0 Å². The van der Waals surface area contributed by atoms with Crippen molar-refractivity contribution in [3.8, 4) is 6.07 Å².